The maximum absolute atomic E-state index is 14.4. The number of aromatic nitrogens is 6. The van der Waals surface area contributed by atoms with Gasteiger partial charge in [0.25, 0.3) is 0 Å². The molecular weight excluding hydrogens is 692 g/mol. The standard InChI is InChI=1S/C21H22N4OS.C16H14F3N5O/c1-14-8-9-18(15(2)12-14)26-19-7-4-3-6-16(19)17-13-27-21(24-17)25-20-22-10-5-11-23-20;1-10(15-14(19)5-20-7-22-15)16(25,6-24-9-21-8-23-24)12-3-2-11(17)4-13(12)18/h3-4,6-9,12-13H,5,10-11H2,1-2H3,(H2,22,23,24,25);2-5,7-10,25H,6H2,1H3/t;10-,16+/m.0/s1. The Balaban J connectivity index is 0.000000179. The number of aliphatic hydroxyl groups is 1. The molecule has 0 bridgehead atoms. The summed E-state index contributed by atoms with van der Waals surface area (Å²) in [4.78, 5) is 20.4. The van der Waals surface area contributed by atoms with E-state index in [0.717, 1.165) is 83.6 Å². The number of thiazole rings is 1. The highest BCUT2D eigenvalue weighted by Gasteiger charge is 2.41. The SMILES string of the molecule is C[C@@H](c1ncncc1F)[C@](O)(Cn1cncn1)c1ccc(F)cc1F.Cc1ccc(Oc2ccccc2-c2csc(NC3=NCCCN3)n2)c(C)c1. The zero-order valence-electron chi connectivity index (χ0n) is 28.6. The van der Waals surface area contributed by atoms with Gasteiger partial charge < -0.3 is 20.5 Å². The maximum atomic E-state index is 14.4. The minimum absolute atomic E-state index is 0.0960. The number of nitrogens with zero attached hydrogens (tertiary/aromatic N) is 7. The average Bonchev–Trinajstić information content (AvgIpc) is 3.83. The highest BCUT2D eigenvalue weighted by molar-refractivity contribution is 7.14. The van der Waals surface area contributed by atoms with Crippen LogP contribution in [-0.4, -0.2) is 53.9 Å². The van der Waals surface area contributed by atoms with Crippen LogP contribution >= 0.6 is 11.3 Å². The normalized spacial score (nSPS) is 14.2. The van der Waals surface area contributed by atoms with Crippen LogP contribution in [0.25, 0.3) is 11.3 Å². The highest BCUT2D eigenvalue weighted by Crippen LogP contribution is 2.40. The lowest BCUT2D eigenvalue weighted by molar-refractivity contribution is -0.0133. The molecular formula is C37H36F3N9O2S. The van der Waals surface area contributed by atoms with Crippen molar-refractivity contribution in [2.24, 2.45) is 4.99 Å². The molecule has 0 amide bonds. The van der Waals surface area contributed by atoms with E-state index in [-0.39, 0.29) is 17.8 Å². The van der Waals surface area contributed by atoms with E-state index in [4.69, 9.17) is 9.72 Å². The number of aryl methyl sites for hydroxylation is 2. The summed E-state index contributed by atoms with van der Waals surface area (Å²) in [6.45, 7) is 7.19. The summed E-state index contributed by atoms with van der Waals surface area (Å²) in [5, 5.41) is 24.6. The number of guanidine groups is 1. The zero-order chi connectivity index (χ0) is 36.7. The van der Waals surface area contributed by atoms with Gasteiger partial charge in [0.1, 0.15) is 47.7 Å². The molecule has 11 nitrogen and oxygen atoms in total. The van der Waals surface area contributed by atoms with Crippen LogP contribution in [0.3, 0.4) is 0 Å². The van der Waals surface area contributed by atoms with Crippen molar-refractivity contribution in [3.8, 4) is 22.8 Å². The summed E-state index contributed by atoms with van der Waals surface area (Å²) in [6.07, 6.45) is 5.73. The van der Waals surface area contributed by atoms with Crippen molar-refractivity contribution in [3.63, 3.8) is 0 Å². The summed E-state index contributed by atoms with van der Waals surface area (Å²) in [5.41, 5.74) is 1.95. The number of benzene rings is 3. The molecule has 1 aliphatic heterocycles. The van der Waals surface area contributed by atoms with E-state index >= 15 is 0 Å². The van der Waals surface area contributed by atoms with Gasteiger partial charge >= 0.3 is 0 Å². The van der Waals surface area contributed by atoms with Crippen molar-refractivity contribution in [1.29, 1.82) is 0 Å². The molecule has 0 saturated carbocycles. The van der Waals surface area contributed by atoms with E-state index in [2.05, 4.69) is 61.7 Å². The van der Waals surface area contributed by atoms with E-state index in [1.54, 1.807) is 11.3 Å². The van der Waals surface area contributed by atoms with Crippen LogP contribution in [0.1, 0.15) is 41.6 Å². The molecule has 0 unspecified atom stereocenters. The molecule has 6 aromatic rings. The van der Waals surface area contributed by atoms with Crippen molar-refractivity contribution >= 4 is 22.4 Å². The summed E-state index contributed by atoms with van der Waals surface area (Å²) >= 11 is 1.56. The molecule has 7 rings (SSSR count). The number of halogens is 3. The van der Waals surface area contributed by atoms with Gasteiger partial charge in [-0.3, -0.25) is 4.99 Å². The second-order valence-electron chi connectivity index (χ2n) is 12.2. The predicted molar refractivity (Wildman–Crippen MR) is 193 cm³/mol. The fourth-order valence-corrected chi connectivity index (χ4v) is 6.41. The monoisotopic (exact) mass is 727 g/mol. The third-order valence-electron chi connectivity index (χ3n) is 8.43. The van der Waals surface area contributed by atoms with E-state index in [1.165, 1.54) is 29.8 Å². The maximum Gasteiger partial charge on any atom is 0.197 e. The summed E-state index contributed by atoms with van der Waals surface area (Å²) in [7, 11) is 0. The van der Waals surface area contributed by atoms with E-state index < -0.39 is 29.0 Å². The Bertz CT molecular complexity index is 2160. The molecule has 0 fully saturated rings. The molecule has 3 aromatic carbocycles. The fraction of sp³-hybridized carbons (Fsp3) is 0.243. The molecule has 0 saturated heterocycles. The summed E-state index contributed by atoms with van der Waals surface area (Å²) < 4.78 is 49.2. The average molecular weight is 728 g/mol. The van der Waals surface area contributed by atoms with Crippen molar-refractivity contribution in [2.75, 3.05) is 18.4 Å². The van der Waals surface area contributed by atoms with Gasteiger partial charge in [0.2, 0.25) is 0 Å². The zero-order valence-corrected chi connectivity index (χ0v) is 29.4. The van der Waals surface area contributed by atoms with Crippen LogP contribution < -0.4 is 15.4 Å². The lowest BCUT2D eigenvalue weighted by Gasteiger charge is -2.34. The topological polar surface area (TPSA) is 135 Å². The third-order valence-corrected chi connectivity index (χ3v) is 9.19. The lowest BCUT2D eigenvalue weighted by atomic mass is 9.79. The minimum Gasteiger partial charge on any atom is -0.456 e. The highest BCUT2D eigenvalue weighted by atomic mass is 32.1. The molecule has 2 atom stereocenters. The number of nitrogens with one attached hydrogen (secondary N) is 2. The van der Waals surface area contributed by atoms with Crippen LogP contribution in [0.5, 0.6) is 11.5 Å². The van der Waals surface area contributed by atoms with Crippen LogP contribution in [0.2, 0.25) is 0 Å². The Morgan fingerprint density at radius 1 is 1.02 bits per heavy atom. The minimum atomic E-state index is -1.96. The van der Waals surface area contributed by atoms with Crippen LogP contribution in [0, 0.1) is 31.3 Å². The summed E-state index contributed by atoms with van der Waals surface area (Å²) in [6, 6.07) is 17.0. The number of ether oxygens (including phenoxy) is 1. The van der Waals surface area contributed by atoms with Crippen LogP contribution in [-0.2, 0) is 12.1 Å². The van der Waals surface area contributed by atoms with Crippen LogP contribution in [0.4, 0.5) is 18.3 Å². The van der Waals surface area contributed by atoms with Crippen molar-refractivity contribution in [1.82, 2.24) is 35.0 Å². The van der Waals surface area contributed by atoms with Crippen molar-refractivity contribution in [3.05, 3.63) is 131 Å². The molecule has 268 valence electrons. The Labute approximate surface area is 302 Å². The van der Waals surface area contributed by atoms with Gasteiger partial charge in [0.15, 0.2) is 16.9 Å². The smallest absolute Gasteiger partial charge is 0.197 e. The molecule has 52 heavy (non-hydrogen) atoms. The van der Waals surface area contributed by atoms with Gasteiger partial charge in [-0.1, -0.05) is 42.8 Å². The molecule has 1 aliphatic rings. The lowest BCUT2D eigenvalue weighted by Crippen LogP contribution is -2.39. The number of hydrogen-bond donors (Lipinski definition) is 3. The van der Waals surface area contributed by atoms with Gasteiger partial charge in [0.05, 0.1) is 24.1 Å². The molecule has 3 aromatic heterocycles. The second kappa shape index (κ2) is 16.1. The first-order valence-electron chi connectivity index (χ1n) is 16.4. The molecule has 0 spiro atoms. The fourth-order valence-electron chi connectivity index (χ4n) is 5.70. The van der Waals surface area contributed by atoms with Gasteiger partial charge in [-0.15, -0.1) is 11.3 Å². The number of anilines is 1. The third kappa shape index (κ3) is 8.44. The molecule has 0 aliphatic carbocycles. The molecule has 3 N–H and O–H groups in total. The molecule has 15 heteroatoms. The van der Waals surface area contributed by atoms with Gasteiger partial charge in [-0.25, -0.2) is 37.8 Å². The summed E-state index contributed by atoms with van der Waals surface area (Å²) in [5.74, 6) is -1.01. The first kappa shape index (κ1) is 36.1. The van der Waals surface area contributed by atoms with Gasteiger partial charge in [-0.2, -0.15) is 5.10 Å². The Morgan fingerprint density at radius 3 is 2.60 bits per heavy atom. The largest absolute Gasteiger partial charge is 0.456 e. The van der Waals surface area contributed by atoms with Crippen molar-refractivity contribution < 1.29 is 23.0 Å². The molecule has 4 heterocycles. The van der Waals surface area contributed by atoms with Gasteiger partial charge in [-0.05, 0) is 50.1 Å². The van der Waals surface area contributed by atoms with Crippen molar-refractivity contribution in [2.45, 2.75) is 45.3 Å². The first-order valence-corrected chi connectivity index (χ1v) is 17.3. The number of rotatable bonds is 9. The van der Waals surface area contributed by atoms with E-state index in [0.29, 0.717) is 6.07 Å². The van der Waals surface area contributed by atoms with E-state index in [1.807, 2.05) is 35.7 Å². The second-order valence-corrected chi connectivity index (χ2v) is 13.0. The van der Waals surface area contributed by atoms with Gasteiger partial charge in [0, 0.05) is 41.6 Å². The van der Waals surface area contributed by atoms with E-state index in [9.17, 15) is 18.3 Å². The number of para-hydroxylation sites is 1. The molecule has 0 radical (unpaired) electrons. The Hall–Kier alpha value is -5.67. The quantitative estimate of drug-likeness (QED) is 0.142. The number of hydrogen-bond acceptors (Lipinski definition) is 11. The predicted octanol–water partition coefficient (Wildman–Crippen LogP) is 7.16. The Kier molecular flexibility index (Phi) is 11.2. The Morgan fingerprint density at radius 2 is 1.87 bits per heavy atom. The number of aliphatic imine (C=N–C) groups is 1. The first-order chi connectivity index (χ1) is 25.1. The van der Waals surface area contributed by atoms with Crippen LogP contribution in [0.15, 0.2) is 96.2 Å².